The Hall–Kier alpha value is -2.53. The van der Waals surface area contributed by atoms with Crippen molar-refractivity contribution < 1.29 is 14.3 Å². The van der Waals surface area contributed by atoms with E-state index in [1.54, 1.807) is 17.0 Å². The summed E-state index contributed by atoms with van der Waals surface area (Å²) in [6.45, 7) is 10.0. The molecule has 0 aliphatic rings. The molecule has 2 atom stereocenters. The summed E-state index contributed by atoms with van der Waals surface area (Å²) in [7, 11) is 0. The monoisotopic (exact) mass is 444 g/mol. The fraction of sp³-hybridized carbons (Fsp3) is 0.440. The van der Waals surface area contributed by atoms with Crippen LogP contribution in [-0.4, -0.2) is 35.4 Å². The lowest BCUT2D eigenvalue weighted by atomic mass is 10.1. The number of benzene rings is 2. The van der Waals surface area contributed by atoms with Gasteiger partial charge in [0.2, 0.25) is 5.91 Å². The average Bonchev–Trinajstić information content (AvgIpc) is 2.75. The van der Waals surface area contributed by atoms with Gasteiger partial charge in [-0.05, 0) is 68.5 Å². The van der Waals surface area contributed by atoms with Gasteiger partial charge >= 0.3 is 0 Å². The lowest BCUT2D eigenvalue weighted by Gasteiger charge is -2.31. The predicted octanol–water partition coefficient (Wildman–Crippen LogP) is 5.06. The smallest absolute Gasteiger partial charge is 0.261 e. The molecule has 0 unspecified atom stereocenters. The highest BCUT2D eigenvalue weighted by molar-refractivity contribution is 6.30. The van der Waals surface area contributed by atoms with Crippen LogP contribution in [0.15, 0.2) is 42.5 Å². The minimum atomic E-state index is -0.584. The number of nitrogens with zero attached hydrogens (tertiary/aromatic N) is 1. The lowest BCUT2D eigenvalue weighted by Crippen LogP contribution is -2.51. The molecule has 0 aliphatic carbocycles. The minimum Gasteiger partial charge on any atom is -0.483 e. The molecule has 0 saturated heterocycles. The zero-order chi connectivity index (χ0) is 23.0. The first-order valence-electron chi connectivity index (χ1n) is 10.8. The van der Waals surface area contributed by atoms with Crippen molar-refractivity contribution in [2.45, 2.75) is 66.1 Å². The van der Waals surface area contributed by atoms with Gasteiger partial charge in [-0.1, -0.05) is 49.7 Å². The summed E-state index contributed by atoms with van der Waals surface area (Å²) in [6.07, 6.45) is 1.33. The summed E-state index contributed by atoms with van der Waals surface area (Å²) < 4.78 is 5.85. The predicted molar refractivity (Wildman–Crippen MR) is 125 cm³/mol. The number of carbonyl (C=O) groups excluding carboxylic acids is 2. The van der Waals surface area contributed by atoms with Gasteiger partial charge in [-0.15, -0.1) is 0 Å². The van der Waals surface area contributed by atoms with E-state index in [9.17, 15) is 9.59 Å². The molecule has 168 valence electrons. The van der Waals surface area contributed by atoms with Crippen LogP contribution in [0, 0.1) is 13.8 Å². The maximum atomic E-state index is 13.2. The molecule has 1 N–H and O–H groups in total. The second-order valence-electron chi connectivity index (χ2n) is 7.88. The quantitative estimate of drug-likeness (QED) is 0.557. The lowest BCUT2D eigenvalue weighted by molar-refractivity contribution is -0.143. The van der Waals surface area contributed by atoms with Gasteiger partial charge in [-0.25, -0.2) is 0 Å². The van der Waals surface area contributed by atoms with E-state index in [1.165, 1.54) is 0 Å². The van der Waals surface area contributed by atoms with Crippen LogP contribution < -0.4 is 10.1 Å². The third-order valence-electron chi connectivity index (χ3n) is 5.56. The topological polar surface area (TPSA) is 58.6 Å². The van der Waals surface area contributed by atoms with Gasteiger partial charge in [0.1, 0.15) is 11.8 Å². The molecule has 0 aromatic heterocycles. The summed E-state index contributed by atoms with van der Waals surface area (Å²) in [4.78, 5) is 27.8. The maximum absolute atomic E-state index is 13.2. The highest BCUT2D eigenvalue weighted by atomic mass is 35.5. The molecule has 2 aromatic carbocycles. The van der Waals surface area contributed by atoms with Crippen LogP contribution in [0.5, 0.6) is 5.75 Å². The fourth-order valence-electron chi connectivity index (χ4n) is 3.25. The van der Waals surface area contributed by atoms with Gasteiger partial charge in [0.15, 0.2) is 6.61 Å². The third-order valence-corrected chi connectivity index (χ3v) is 5.81. The largest absolute Gasteiger partial charge is 0.483 e. The first-order chi connectivity index (χ1) is 14.8. The molecule has 0 heterocycles. The molecule has 6 heteroatoms. The van der Waals surface area contributed by atoms with E-state index in [2.05, 4.69) is 5.32 Å². The van der Waals surface area contributed by atoms with Gasteiger partial charge in [-0.2, -0.15) is 0 Å². The molecule has 0 bridgehead atoms. The van der Waals surface area contributed by atoms with E-state index in [-0.39, 0.29) is 24.5 Å². The van der Waals surface area contributed by atoms with E-state index < -0.39 is 6.04 Å². The van der Waals surface area contributed by atoms with E-state index in [0.29, 0.717) is 23.7 Å². The molecule has 0 fully saturated rings. The molecule has 2 rings (SSSR count). The highest BCUT2D eigenvalue weighted by Gasteiger charge is 2.29. The van der Waals surface area contributed by atoms with Gasteiger partial charge in [0.25, 0.3) is 5.91 Å². The van der Waals surface area contributed by atoms with Gasteiger partial charge in [0, 0.05) is 17.6 Å². The Morgan fingerprint density at radius 2 is 1.74 bits per heavy atom. The number of aryl methyl sites for hydroxylation is 1. The van der Waals surface area contributed by atoms with Crippen molar-refractivity contribution in [1.82, 2.24) is 10.2 Å². The maximum Gasteiger partial charge on any atom is 0.261 e. The van der Waals surface area contributed by atoms with E-state index in [0.717, 1.165) is 23.1 Å². The molecular formula is C25H33ClN2O3. The first kappa shape index (κ1) is 24.7. The van der Waals surface area contributed by atoms with Crippen LogP contribution in [-0.2, 0) is 16.1 Å². The Balaban J connectivity index is 2.23. The Morgan fingerprint density at radius 1 is 1.06 bits per heavy atom. The average molecular weight is 445 g/mol. The molecule has 0 radical (unpaired) electrons. The molecule has 31 heavy (non-hydrogen) atoms. The van der Waals surface area contributed by atoms with Crippen molar-refractivity contribution >= 4 is 23.4 Å². The Kier molecular flexibility index (Phi) is 9.38. The molecule has 5 nitrogen and oxygen atoms in total. The molecule has 0 spiro atoms. The summed E-state index contributed by atoms with van der Waals surface area (Å²) >= 11 is 6.00. The molecular weight excluding hydrogens is 412 g/mol. The van der Waals surface area contributed by atoms with Crippen molar-refractivity contribution in [2.24, 2.45) is 0 Å². The second kappa shape index (κ2) is 11.8. The molecule has 0 aliphatic heterocycles. The number of hydrogen-bond acceptors (Lipinski definition) is 3. The van der Waals surface area contributed by atoms with Crippen molar-refractivity contribution in [3.05, 3.63) is 64.2 Å². The Bertz CT molecular complexity index is 883. The van der Waals surface area contributed by atoms with Crippen LogP contribution in [0.3, 0.4) is 0 Å². The summed E-state index contributed by atoms with van der Waals surface area (Å²) in [6, 6.07) is 12.5. The van der Waals surface area contributed by atoms with Crippen LogP contribution in [0.1, 0.15) is 50.3 Å². The second-order valence-corrected chi connectivity index (χ2v) is 8.31. The van der Waals surface area contributed by atoms with Crippen molar-refractivity contribution in [3.8, 4) is 5.75 Å². The minimum absolute atomic E-state index is 0.0419. The number of halogens is 1. The summed E-state index contributed by atoms with van der Waals surface area (Å²) in [5, 5.41) is 3.63. The van der Waals surface area contributed by atoms with E-state index >= 15 is 0 Å². The van der Waals surface area contributed by atoms with E-state index in [4.69, 9.17) is 16.3 Å². The zero-order valence-electron chi connectivity index (χ0n) is 19.1. The Morgan fingerprint density at radius 3 is 2.35 bits per heavy atom. The van der Waals surface area contributed by atoms with Crippen LogP contribution in [0.4, 0.5) is 0 Å². The number of hydrogen-bond donors (Lipinski definition) is 1. The van der Waals surface area contributed by atoms with Gasteiger partial charge in [-0.3, -0.25) is 9.59 Å². The zero-order valence-corrected chi connectivity index (χ0v) is 19.8. The molecule has 2 aromatic rings. The SMILES string of the molecule is CC[C@H](C(=O)N[C@@H](C)CC)N(Cc1ccc(Cl)cc1)C(=O)COc1cccc(C)c1C. The van der Waals surface area contributed by atoms with Crippen LogP contribution in [0.25, 0.3) is 0 Å². The van der Waals surface area contributed by atoms with Crippen molar-refractivity contribution in [3.63, 3.8) is 0 Å². The van der Waals surface area contributed by atoms with Crippen LogP contribution >= 0.6 is 11.6 Å². The summed E-state index contributed by atoms with van der Waals surface area (Å²) in [5.74, 6) is 0.296. The number of nitrogens with one attached hydrogen (secondary N) is 1. The van der Waals surface area contributed by atoms with Crippen molar-refractivity contribution in [2.75, 3.05) is 6.61 Å². The first-order valence-corrected chi connectivity index (χ1v) is 11.2. The third kappa shape index (κ3) is 7.00. The standard InChI is InChI=1S/C25H33ClN2O3/c1-6-18(4)27-25(30)22(7-2)28(15-20-11-13-21(26)14-12-20)24(29)16-31-23-10-8-9-17(3)19(23)5/h8-14,18,22H,6-7,15-16H2,1-5H3,(H,27,30)/t18-,22+/m0/s1. The summed E-state index contributed by atoms with van der Waals surface area (Å²) in [5.41, 5.74) is 3.00. The number of amides is 2. The van der Waals surface area contributed by atoms with Crippen molar-refractivity contribution in [1.29, 1.82) is 0 Å². The normalized spacial score (nSPS) is 12.7. The molecule has 0 saturated carbocycles. The number of ether oxygens (including phenoxy) is 1. The van der Waals surface area contributed by atoms with Gasteiger partial charge in [0.05, 0.1) is 0 Å². The van der Waals surface area contributed by atoms with Gasteiger partial charge < -0.3 is 15.0 Å². The van der Waals surface area contributed by atoms with E-state index in [1.807, 2.05) is 65.0 Å². The number of carbonyl (C=O) groups is 2. The molecule has 2 amide bonds. The number of rotatable bonds is 10. The Labute approximate surface area is 190 Å². The fourth-order valence-corrected chi connectivity index (χ4v) is 3.38. The highest BCUT2D eigenvalue weighted by Crippen LogP contribution is 2.21. The van der Waals surface area contributed by atoms with Crippen LogP contribution in [0.2, 0.25) is 5.02 Å².